The summed E-state index contributed by atoms with van der Waals surface area (Å²) in [6.07, 6.45) is 1.32. The molecule has 0 nitrogen and oxygen atoms in total. The predicted molar refractivity (Wildman–Crippen MR) is 69.9 cm³/mol. The van der Waals surface area contributed by atoms with Gasteiger partial charge in [-0.2, -0.15) is 0 Å². The van der Waals surface area contributed by atoms with Gasteiger partial charge < -0.3 is 0 Å². The highest BCUT2D eigenvalue weighted by atomic mass is 79.9. The molecule has 0 amide bonds. The molecule has 0 spiro atoms. The summed E-state index contributed by atoms with van der Waals surface area (Å²) < 4.78 is 0. The van der Waals surface area contributed by atoms with Crippen molar-refractivity contribution in [3.8, 4) is 0 Å². The maximum atomic E-state index is 6.29. The molecule has 3 unspecified atom stereocenters. The lowest BCUT2D eigenvalue weighted by Crippen LogP contribution is -1.97. The van der Waals surface area contributed by atoms with Gasteiger partial charge in [-0.1, -0.05) is 40.5 Å². The van der Waals surface area contributed by atoms with Crippen LogP contribution in [-0.4, -0.2) is 0 Å². The number of rotatable bonds is 2. The first-order valence-corrected chi connectivity index (χ1v) is 6.70. The molecule has 2 heteroatoms. The SMILES string of the molecule is Cc1cc(Cl)c(C(Br)C2CC2C)cc1C. The van der Waals surface area contributed by atoms with Crippen LogP contribution in [0.25, 0.3) is 0 Å². The molecule has 0 aliphatic heterocycles. The highest BCUT2D eigenvalue weighted by Crippen LogP contribution is 2.52. The number of alkyl halides is 1. The number of halogens is 2. The molecule has 2 rings (SSSR count). The molecule has 1 aliphatic rings. The highest BCUT2D eigenvalue weighted by Gasteiger charge is 2.39. The maximum absolute atomic E-state index is 6.29. The summed E-state index contributed by atoms with van der Waals surface area (Å²) in [6.45, 7) is 6.55. The second kappa shape index (κ2) is 4.10. The van der Waals surface area contributed by atoms with E-state index in [1.54, 1.807) is 0 Å². The zero-order valence-corrected chi connectivity index (χ0v) is 11.7. The third-order valence-corrected chi connectivity index (χ3v) is 4.96. The number of benzene rings is 1. The summed E-state index contributed by atoms with van der Waals surface area (Å²) in [5, 5.41) is 0.902. The molecule has 0 aromatic heterocycles. The van der Waals surface area contributed by atoms with Crippen LogP contribution in [0, 0.1) is 25.7 Å². The van der Waals surface area contributed by atoms with Crippen LogP contribution >= 0.6 is 27.5 Å². The minimum Gasteiger partial charge on any atom is -0.0840 e. The molecular weight excluding hydrogens is 272 g/mol. The highest BCUT2D eigenvalue weighted by molar-refractivity contribution is 9.09. The Hall–Kier alpha value is -0.0100. The quantitative estimate of drug-likeness (QED) is 0.668. The van der Waals surface area contributed by atoms with Crippen LogP contribution in [0.2, 0.25) is 5.02 Å². The molecule has 3 atom stereocenters. The lowest BCUT2D eigenvalue weighted by Gasteiger charge is -2.14. The fourth-order valence-corrected chi connectivity index (χ4v) is 3.59. The van der Waals surface area contributed by atoms with E-state index in [-0.39, 0.29) is 0 Å². The van der Waals surface area contributed by atoms with Crippen molar-refractivity contribution in [1.82, 2.24) is 0 Å². The zero-order chi connectivity index (χ0) is 11.2. The largest absolute Gasteiger partial charge is 0.0840 e. The van der Waals surface area contributed by atoms with E-state index >= 15 is 0 Å². The lowest BCUT2D eigenvalue weighted by molar-refractivity contribution is 0.740. The average Bonchev–Trinajstić information content (AvgIpc) is 2.88. The first-order chi connectivity index (χ1) is 7.00. The normalized spacial score (nSPS) is 26.5. The zero-order valence-electron chi connectivity index (χ0n) is 9.35. The Morgan fingerprint density at radius 3 is 2.40 bits per heavy atom. The first-order valence-electron chi connectivity index (χ1n) is 5.41. The van der Waals surface area contributed by atoms with E-state index in [4.69, 9.17) is 11.6 Å². The third-order valence-electron chi connectivity index (χ3n) is 3.46. The lowest BCUT2D eigenvalue weighted by atomic mass is 10.0. The van der Waals surface area contributed by atoms with Crippen LogP contribution in [0.5, 0.6) is 0 Å². The van der Waals surface area contributed by atoms with Gasteiger partial charge in [-0.3, -0.25) is 0 Å². The molecule has 0 radical (unpaired) electrons. The van der Waals surface area contributed by atoms with E-state index in [0.29, 0.717) is 4.83 Å². The van der Waals surface area contributed by atoms with Crippen LogP contribution in [0.4, 0.5) is 0 Å². The maximum Gasteiger partial charge on any atom is 0.0452 e. The van der Waals surface area contributed by atoms with Gasteiger partial charge in [0.15, 0.2) is 0 Å². The van der Waals surface area contributed by atoms with Gasteiger partial charge in [-0.15, -0.1) is 0 Å². The Bertz CT molecular complexity index is 386. The monoisotopic (exact) mass is 286 g/mol. The summed E-state index contributed by atoms with van der Waals surface area (Å²) in [4.78, 5) is 0.430. The summed E-state index contributed by atoms with van der Waals surface area (Å²) in [6, 6.07) is 4.30. The van der Waals surface area contributed by atoms with Crippen molar-refractivity contribution in [2.24, 2.45) is 11.8 Å². The Labute approximate surface area is 105 Å². The fourth-order valence-electron chi connectivity index (χ4n) is 2.00. The summed E-state index contributed by atoms with van der Waals surface area (Å²) in [5.41, 5.74) is 3.86. The van der Waals surface area contributed by atoms with Crippen molar-refractivity contribution in [2.45, 2.75) is 32.0 Å². The molecule has 0 N–H and O–H groups in total. The fraction of sp³-hybridized carbons (Fsp3) is 0.538. The van der Waals surface area contributed by atoms with Crippen LogP contribution < -0.4 is 0 Å². The minimum absolute atomic E-state index is 0.430. The van der Waals surface area contributed by atoms with Crippen molar-refractivity contribution in [3.63, 3.8) is 0 Å². The van der Waals surface area contributed by atoms with Gasteiger partial charge >= 0.3 is 0 Å². The van der Waals surface area contributed by atoms with E-state index in [2.05, 4.69) is 48.8 Å². The van der Waals surface area contributed by atoms with Crippen molar-refractivity contribution < 1.29 is 0 Å². The molecule has 1 aromatic carbocycles. The topological polar surface area (TPSA) is 0 Å². The molecule has 15 heavy (non-hydrogen) atoms. The van der Waals surface area contributed by atoms with Gasteiger partial charge in [0.05, 0.1) is 0 Å². The Kier molecular flexibility index (Phi) is 3.14. The summed E-state index contributed by atoms with van der Waals surface area (Å²) in [7, 11) is 0. The Balaban J connectivity index is 2.31. The molecule has 1 saturated carbocycles. The molecule has 1 aliphatic carbocycles. The van der Waals surface area contributed by atoms with Crippen molar-refractivity contribution in [1.29, 1.82) is 0 Å². The van der Waals surface area contributed by atoms with E-state index in [0.717, 1.165) is 16.9 Å². The van der Waals surface area contributed by atoms with Gasteiger partial charge in [0.2, 0.25) is 0 Å². The van der Waals surface area contributed by atoms with E-state index in [1.807, 2.05) is 0 Å². The second-order valence-corrected chi connectivity index (χ2v) is 6.13. The van der Waals surface area contributed by atoms with E-state index in [9.17, 15) is 0 Å². The van der Waals surface area contributed by atoms with Crippen LogP contribution in [0.15, 0.2) is 12.1 Å². The van der Waals surface area contributed by atoms with Gasteiger partial charge in [0, 0.05) is 9.85 Å². The third kappa shape index (κ3) is 2.24. The minimum atomic E-state index is 0.430. The van der Waals surface area contributed by atoms with Crippen LogP contribution in [-0.2, 0) is 0 Å². The molecule has 1 aromatic rings. The molecule has 0 saturated heterocycles. The van der Waals surface area contributed by atoms with Crippen LogP contribution in [0.3, 0.4) is 0 Å². The van der Waals surface area contributed by atoms with Crippen molar-refractivity contribution >= 4 is 27.5 Å². The molecule has 82 valence electrons. The molecule has 0 heterocycles. The second-order valence-electron chi connectivity index (χ2n) is 4.74. The first kappa shape index (κ1) is 11.5. The average molecular weight is 288 g/mol. The predicted octanol–water partition coefficient (Wildman–Crippen LogP) is 5.05. The smallest absolute Gasteiger partial charge is 0.0452 e. The molecular formula is C13H16BrCl. The Morgan fingerprint density at radius 1 is 1.33 bits per heavy atom. The number of hydrogen-bond donors (Lipinski definition) is 0. The van der Waals surface area contributed by atoms with E-state index in [1.165, 1.54) is 23.1 Å². The van der Waals surface area contributed by atoms with Gasteiger partial charge in [-0.25, -0.2) is 0 Å². The molecule has 0 bridgehead atoms. The van der Waals surface area contributed by atoms with Crippen LogP contribution in [0.1, 0.15) is 34.9 Å². The summed E-state index contributed by atoms with van der Waals surface area (Å²) >= 11 is 10.1. The number of hydrogen-bond acceptors (Lipinski definition) is 0. The molecule has 1 fully saturated rings. The van der Waals surface area contributed by atoms with Gasteiger partial charge in [0.1, 0.15) is 0 Å². The number of aryl methyl sites for hydroxylation is 2. The summed E-state index contributed by atoms with van der Waals surface area (Å²) in [5.74, 6) is 1.61. The Morgan fingerprint density at radius 2 is 1.87 bits per heavy atom. The van der Waals surface area contributed by atoms with Crippen molar-refractivity contribution in [3.05, 3.63) is 33.8 Å². The van der Waals surface area contributed by atoms with Crippen molar-refractivity contribution in [2.75, 3.05) is 0 Å². The van der Waals surface area contributed by atoms with Gasteiger partial charge in [0.25, 0.3) is 0 Å². The standard InChI is InChI=1S/C13H16BrCl/c1-7-4-11(12(15)6-8(7)2)13(14)10-5-9(10)3/h4,6,9-10,13H,5H2,1-3H3. The van der Waals surface area contributed by atoms with Gasteiger partial charge in [-0.05, 0) is 54.9 Å². The van der Waals surface area contributed by atoms with E-state index < -0.39 is 0 Å².